The van der Waals surface area contributed by atoms with Crippen molar-refractivity contribution in [3.05, 3.63) is 69.8 Å². The van der Waals surface area contributed by atoms with E-state index in [0.29, 0.717) is 23.5 Å². The van der Waals surface area contributed by atoms with E-state index in [1.165, 1.54) is 35.6 Å². The van der Waals surface area contributed by atoms with E-state index in [9.17, 15) is 9.90 Å². The highest BCUT2D eigenvalue weighted by Gasteiger charge is 2.51. The van der Waals surface area contributed by atoms with E-state index in [4.69, 9.17) is 4.42 Å². The average molecular weight is 348 g/mol. The van der Waals surface area contributed by atoms with Gasteiger partial charge in [0.2, 0.25) is 0 Å². The molecule has 4 atom stereocenters. The van der Waals surface area contributed by atoms with Crippen LogP contribution >= 0.6 is 0 Å². The lowest BCUT2D eigenvalue weighted by molar-refractivity contribution is 0.0884. The van der Waals surface area contributed by atoms with Crippen molar-refractivity contribution in [2.24, 2.45) is 17.3 Å². The molecule has 0 saturated heterocycles. The molecule has 0 amide bonds. The predicted octanol–water partition coefficient (Wildman–Crippen LogP) is 4.90. The van der Waals surface area contributed by atoms with Gasteiger partial charge in [-0.25, -0.2) is 4.79 Å². The largest absolute Gasteiger partial charge is 0.508 e. The highest BCUT2D eigenvalue weighted by Crippen LogP contribution is 2.63. The number of benzene rings is 1. The van der Waals surface area contributed by atoms with Gasteiger partial charge in [-0.15, -0.1) is 0 Å². The Hall–Kier alpha value is -2.29. The van der Waals surface area contributed by atoms with Crippen LogP contribution in [0.2, 0.25) is 0 Å². The van der Waals surface area contributed by atoms with E-state index < -0.39 is 0 Å². The number of aryl methyl sites for hydroxylation is 1. The number of fused-ring (bicyclic) bond motifs is 5. The fraction of sp³-hybridized carbons (Fsp3) is 0.435. The minimum absolute atomic E-state index is 0.162. The molecule has 1 aromatic heterocycles. The molecule has 26 heavy (non-hydrogen) atoms. The molecule has 134 valence electrons. The standard InChI is InChI=1S/C23H24O3/c1-23-11-10-18-17-6-4-16(24)12-14(17)2-5-19(18)21(23)8-7-20(23)15-3-9-22(25)26-13-15/h3-4,6-7,9,12-13,18-19,21,24H,2,5,8,10-11H2,1H3/t18-,19-,21+,23-/m1/s1. The third-order valence-electron chi connectivity index (χ3n) is 7.30. The lowest BCUT2D eigenvalue weighted by Crippen LogP contribution is -2.40. The first-order valence-electron chi connectivity index (χ1n) is 9.68. The Morgan fingerprint density at radius 2 is 2.08 bits per heavy atom. The van der Waals surface area contributed by atoms with Gasteiger partial charge in [-0.05, 0) is 90.2 Å². The number of allylic oxidation sites excluding steroid dienone is 2. The minimum atomic E-state index is -0.287. The smallest absolute Gasteiger partial charge is 0.335 e. The maximum absolute atomic E-state index is 11.3. The molecule has 0 unspecified atom stereocenters. The molecule has 0 radical (unpaired) electrons. The van der Waals surface area contributed by atoms with Gasteiger partial charge < -0.3 is 9.52 Å². The molecule has 5 rings (SSSR count). The second-order valence-electron chi connectivity index (χ2n) is 8.45. The maximum atomic E-state index is 11.3. The van der Waals surface area contributed by atoms with E-state index in [0.717, 1.165) is 24.8 Å². The van der Waals surface area contributed by atoms with Crippen molar-refractivity contribution in [2.75, 3.05) is 0 Å². The number of aromatic hydroxyl groups is 1. The molecule has 0 aliphatic heterocycles. The van der Waals surface area contributed by atoms with Crippen LogP contribution < -0.4 is 5.63 Å². The lowest BCUT2D eigenvalue weighted by Gasteiger charge is -2.50. The van der Waals surface area contributed by atoms with Crippen LogP contribution in [0.15, 0.2) is 51.9 Å². The Balaban J connectivity index is 1.49. The van der Waals surface area contributed by atoms with Gasteiger partial charge in [-0.1, -0.05) is 19.1 Å². The van der Waals surface area contributed by atoms with Gasteiger partial charge in [0.05, 0.1) is 0 Å². The summed E-state index contributed by atoms with van der Waals surface area (Å²) in [7, 11) is 0. The molecule has 2 aromatic rings. The second-order valence-corrected chi connectivity index (χ2v) is 8.45. The summed E-state index contributed by atoms with van der Waals surface area (Å²) in [5.41, 5.74) is 5.10. The van der Waals surface area contributed by atoms with Crippen LogP contribution in [-0.4, -0.2) is 5.11 Å². The zero-order chi connectivity index (χ0) is 17.9. The molecular weight excluding hydrogens is 324 g/mol. The first-order chi connectivity index (χ1) is 12.6. The summed E-state index contributed by atoms with van der Waals surface area (Å²) in [6.45, 7) is 2.41. The van der Waals surface area contributed by atoms with E-state index >= 15 is 0 Å². The highest BCUT2D eigenvalue weighted by molar-refractivity contribution is 5.72. The molecule has 3 aliphatic rings. The number of rotatable bonds is 1. The van der Waals surface area contributed by atoms with Crippen LogP contribution in [0.4, 0.5) is 0 Å². The van der Waals surface area contributed by atoms with E-state index in [2.05, 4.69) is 19.1 Å². The first kappa shape index (κ1) is 15.9. The van der Waals surface area contributed by atoms with Gasteiger partial charge >= 0.3 is 5.63 Å². The van der Waals surface area contributed by atoms with Gasteiger partial charge in [-0.2, -0.15) is 0 Å². The third-order valence-corrected chi connectivity index (χ3v) is 7.30. The topological polar surface area (TPSA) is 50.4 Å². The maximum Gasteiger partial charge on any atom is 0.335 e. The Bertz CT molecular complexity index is 934. The van der Waals surface area contributed by atoms with Crippen molar-refractivity contribution in [3.8, 4) is 5.75 Å². The molecule has 3 aliphatic carbocycles. The second kappa shape index (κ2) is 5.60. The van der Waals surface area contributed by atoms with Gasteiger partial charge in [-0.3, -0.25) is 0 Å². The van der Waals surface area contributed by atoms with E-state index in [1.807, 2.05) is 18.2 Å². The molecule has 3 nitrogen and oxygen atoms in total. The molecule has 1 aromatic carbocycles. The van der Waals surface area contributed by atoms with Gasteiger partial charge in [0.1, 0.15) is 12.0 Å². The van der Waals surface area contributed by atoms with Crippen LogP contribution in [0, 0.1) is 17.3 Å². The molecule has 0 bridgehead atoms. The zero-order valence-electron chi connectivity index (χ0n) is 15.1. The molecular formula is C23H24O3. The summed E-state index contributed by atoms with van der Waals surface area (Å²) >= 11 is 0. The molecule has 1 N–H and O–H groups in total. The molecule has 3 heteroatoms. The van der Waals surface area contributed by atoms with Crippen molar-refractivity contribution in [3.63, 3.8) is 0 Å². The molecule has 1 fully saturated rings. The Morgan fingerprint density at radius 3 is 2.88 bits per heavy atom. The molecule has 1 saturated carbocycles. The summed E-state index contributed by atoms with van der Waals surface area (Å²) in [5.74, 6) is 2.33. The van der Waals surface area contributed by atoms with Crippen molar-refractivity contribution >= 4 is 5.57 Å². The normalized spacial score (nSPS) is 32.3. The molecule has 0 spiro atoms. The summed E-state index contributed by atoms with van der Waals surface area (Å²) in [6, 6.07) is 9.40. The fourth-order valence-corrected chi connectivity index (χ4v) is 6.09. The Morgan fingerprint density at radius 1 is 1.19 bits per heavy atom. The van der Waals surface area contributed by atoms with Crippen LogP contribution in [0.25, 0.3) is 5.57 Å². The number of phenolic OH excluding ortho intramolecular Hbond substituents is 1. The fourth-order valence-electron chi connectivity index (χ4n) is 6.09. The van der Waals surface area contributed by atoms with Crippen molar-refractivity contribution in [1.29, 1.82) is 0 Å². The van der Waals surface area contributed by atoms with Gasteiger partial charge in [0, 0.05) is 11.6 Å². The average Bonchev–Trinajstić information content (AvgIpc) is 2.99. The quantitative estimate of drug-likeness (QED) is 0.798. The molecule has 1 heterocycles. The number of phenols is 1. The summed E-state index contributed by atoms with van der Waals surface area (Å²) in [6.07, 6.45) is 9.73. The van der Waals surface area contributed by atoms with Gasteiger partial charge in [0.25, 0.3) is 0 Å². The Labute approximate surface area is 153 Å². The SMILES string of the molecule is C[C@]12CC[C@@H]3c4ccc(O)cc4CC[C@H]3[C@@H]1CC=C2c1ccc(=O)oc1. The van der Waals surface area contributed by atoms with Crippen LogP contribution in [0.1, 0.15) is 55.2 Å². The number of hydrogen-bond donors (Lipinski definition) is 1. The number of hydrogen-bond acceptors (Lipinski definition) is 3. The van der Waals surface area contributed by atoms with E-state index in [1.54, 1.807) is 6.26 Å². The summed E-state index contributed by atoms with van der Waals surface area (Å²) in [4.78, 5) is 11.3. The summed E-state index contributed by atoms with van der Waals surface area (Å²) in [5, 5.41) is 9.82. The predicted molar refractivity (Wildman–Crippen MR) is 101 cm³/mol. The monoisotopic (exact) mass is 348 g/mol. The van der Waals surface area contributed by atoms with Gasteiger partial charge in [0.15, 0.2) is 0 Å². The third kappa shape index (κ3) is 2.22. The summed E-state index contributed by atoms with van der Waals surface area (Å²) < 4.78 is 5.14. The minimum Gasteiger partial charge on any atom is -0.508 e. The van der Waals surface area contributed by atoms with Crippen LogP contribution in [-0.2, 0) is 6.42 Å². The first-order valence-corrected chi connectivity index (χ1v) is 9.68. The van der Waals surface area contributed by atoms with Crippen LogP contribution in [0.5, 0.6) is 5.75 Å². The van der Waals surface area contributed by atoms with E-state index in [-0.39, 0.29) is 11.0 Å². The van der Waals surface area contributed by atoms with Crippen molar-refractivity contribution < 1.29 is 9.52 Å². The lowest BCUT2D eigenvalue weighted by atomic mass is 9.54. The highest BCUT2D eigenvalue weighted by atomic mass is 16.4. The van der Waals surface area contributed by atoms with Crippen molar-refractivity contribution in [2.45, 2.75) is 44.9 Å². The van der Waals surface area contributed by atoms with Crippen LogP contribution in [0.3, 0.4) is 0 Å². The van der Waals surface area contributed by atoms with Crippen molar-refractivity contribution in [1.82, 2.24) is 0 Å². The zero-order valence-corrected chi connectivity index (χ0v) is 15.1. The Kier molecular flexibility index (Phi) is 3.43.